The molecule has 0 saturated carbocycles. The lowest BCUT2D eigenvalue weighted by Crippen LogP contribution is -2.24. The number of rotatable bonds is 8. The quantitative estimate of drug-likeness (QED) is 0.776. The first-order chi connectivity index (χ1) is 11.1. The third-order valence-electron chi connectivity index (χ3n) is 3.57. The molecule has 2 rings (SSSR count). The number of likely N-dealkylation sites (N-methyl/N-ethyl adjacent to an activating group) is 1. The third kappa shape index (κ3) is 4.75. The van der Waals surface area contributed by atoms with Gasteiger partial charge in [-0.25, -0.2) is 0 Å². The van der Waals surface area contributed by atoms with E-state index < -0.39 is 0 Å². The minimum Gasteiger partial charge on any atom is -0.493 e. The van der Waals surface area contributed by atoms with Crippen molar-refractivity contribution in [2.75, 3.05) is 28.4 Å². The molecular weight excluding hydrogens is 334 g/mol. The van der Waals surface area contributed by atoms with Crippen LogP contribution in [-0.4, -0.2) is 44.6 Å². The molecule has 0 bridgehead atoms. The summed E-state index contributed by atoms with van der Waals surface area (Å²) in [5.41, 5.74) is 0.941. The number of benzene rings is 1. The minimum atomic E-state index is 0. The van der Waals surface area contributed by atoms with Gasteiger partial charge in [0.05, 0.1) is 27.8 Å². The first kappa shape index (κ1) is 20.1. The maximum Gasteiger partial charge on any atom is 0.231 e. The van der Waals surface area contributed by atoms with Crippen LogP contribution in [-0.2, 0) is 12.8 Å². The van der Waals surface area contributed by atoms with Crippen molar-refractivity contribution in [2.24, 2.45) is 0 Å². The molecule has 0 saturated heterocycles. The Hall–Kier alpha value is -1.99. The lowest BCUT2D eigenvalue weighted by Gasteiger charge is -2.13. The smallest absolute Gasteiger partial charge is 0.231 e. The van der Waals surface area contributed by atoms with Gasteiger partial charge in [-0.2, -0.15) is 4.98 Å². The summed E-state index contributed by atoms with van der Waals surface area (Å²) in [6, 6.07) is 4.05. The second kappa shape index (κ2) is 9.34. The first-order valence-electron chi connectivity index (χ1n) is 7.38. The van der Waals surface area contributed by atoms with E-state index in [4.69, 9.17) is 18.7 Å². The molecule has 0 amide bonds. The summed E-state index contributed by atoms with van der Waals surface area (Å²) in [6.07, 6.45) is 1.22. The van der Waals surface area contributed by atoms with Crippen LogP contribution in [0.4, 0.5) is 0 Å². The van der Waals surface area contributed by atoms with E-state index in [0.717, 1.165) is 12.0 Å². The number of halogens is 1. The van der Waals surface area contributed by atoms with Gasteiger partial charge in [-0.3, -0.25) is 0 Å². The fourth-order valence-corrected chi connectivity index (χ4v) is 2.23. The second-order valence-electron chi connectivity index (χ2n) is 5.21. The molecule has 7 nitrogen and oxygen atoms in total. The Balaban J connectivity index is 0.00000288. The molecule has 0 fully saturated rings. The van der Waals surface area contributed by atoms with Crippen LogP contribution < -0.4 is 19.5 Å². The molecule has 1 unspecified atom stereocenters. The number of aromatic nitrogens is 2. The van der Waals surface area contributed by atoms with Gasteiger partial charge in [0.25, 0.3) is 0 Å². The maximum atomic E-state index is 5.35. The van der Waals surface area contributed by atoms with Crippen molar-refractivity contribution < 1.29 is 18.7 Å². The summed E-state index contributed by atoms with van der Waals surface area (Å²) in [4.78, 5) is 4.42. The van der Waals surface area contributed by atoms with Crippen molar-refractivity contribution in [3.8, 4) is 17.2 Å². The highest BCUT2D eigenvalue weighted by atomic mass is 35.5. The molecule has 1 atom stereocenters. The van der Waals surface area contributed by atoms with E-state index in [-0.39, 0.29) is 12.4 Å². The molecule has 2 aromatic rings. The van der Waals surface area contributed by atoms with Gasteiger partial charge in [-0.15, -0.1) is 12.4 Å². The van der Waals surface area contributed by atoms with E-state index in [9.17, 15) is 0 Å². The van der Waals surface area contributed by atoms with Crippen molar-refractivity contribution in [3.05, 3.63) is 29.4 Å². The average Bonchev–Trinajstić information content (AvgIpc) is 3.00. The number of hydrogen-bond donors (Lipinski definition) is 1. The highest BCUT2D eigenvalue weighted by Crippen LogP contribution is 2.38. The molecule has 8 heteroatoms. The van der Waals surface area contributed by atoms with Gasteiger partial charge in [0.2, 0.25) is 11.6 Å². The SMILES string of the molecule is CNC(C)Cc1noc(Cc2cc(OC)c(OC)c(OC)c2)n1.Cl. The van der Waals surface area contributed by atoms with Gasteiger partial charge in [-0.05, 0) is 31.7 Å². The Morgan fingerprint density at radius 2 is 1.75 bits per heavy atom. The number of nitrogens with one attached hydrogen (secondary N) is 1. The van der Waals surface area contributed by atoms with E-state index in [1.165, 1.54) is 0 Å². The Bertz CT molecular complexity index is 623. The van der Waals surface area contributed by atoms with E-state index >= 15 is 0 Å². The minimum absolute atomic E-state index is 0. The maximum absolute atomic E-state index is 5.35. The van der Waals surface area contributed by atoms with Gasteiger partial charge >= 0.3 is 0 Å². The molecule has 1 aromatic carbocycles. The van der Waals surface area contributed by atoms with Crippen molar-refractivity contribution in [1.29, 1.82) is 0 Å². The van der Waals surface area contributed by atoms with Gasteiger partial charge in [0.1, 0.15) is 0 Å². The first-order valence-corrected chi connectivity index (χ1v) is 7.38. The predicted molar refractivity (Wildman–Crippen MR) is 92.7 cm³/mol. The molecule has 0 aliphatic rings. The molecule has 134 valence electrons. The molecule has 24 heavy (non-hydrogen) atoms. The fourth-order valence-electron chi connectivity index (χ4n) is 2.23. The van der Waals surface area contributed by atoms with Crippen molar-refractivity contribution >= 4 is 12.4 Å². The Morgan fingerprint density at radius 3 is 2.25 bits per heavy atom. The lowest BCUT2D eigenvalue weighted by molar-refractivity contribution is 0.323. The van der Waals surface area contributed by atoms with Crippen LogP contribution in [0.15, 0.2) is 16.7 Å². The van der Waals surface area contributed by atoms with Crippen LogP contribution >= 0.6 is 12.4 Å². The molecule has 0 aliphatic carbocycles. The van der Waals surface area contributed by atoms with Crippen molar-refractivity contribution in [1.82, 2.24) is 15.5 Å². The van der Waals surface area contributed by atoms with E-state index in [2.05, 4.69) is 22.4 Å². The van der Waals surface area contributed by atoms with Crippen LogP contribution in [0.2, 0.25) is 0 Å². The second-order valence-corrected chi connectivity index (χ2v) is 5.21. The highest BCUT2D eigenvalue weighted by molar-refractivity contribution is 5.85. The summed E-state index contributed by atoms with van der Waals surface area (Å²) in [5.74, 6) is 3.01. The standard InChI is InChI=1S/C16H23N3O4.ClH/c1-10(17-2)6-14-18-15(23-19-14)9-11-7-12(20-3)16(22-5)13(8-11)21-4;/h7-8,10,17H,6,9H2,1-5H3;1H. The van der Waals surface area contributed by atoms with Crippen LogP contribution in [0, 0.1) is 0 Å². The zero-order valence-electron chi connectivity index (χ0n) is 14.6. The summed E-state index contributed by atoms with van der Waals surface area (Å²) >= 11 is 0. The summed E-state index contributed by atoms with van der Waals surface area (Å²) < 4.78 is 21.3. The largest absolute Gasteiger partial charge is 0.493 e. The van der Waals surface area contributed by atoms with E-state index in [1.807, 2.05) is 19.2 Å². The molecular formula is C16H24ClN3O4. The third-order valence-corrected chi connectivity index (χ3v) is 3.57. The van der Waals surface area contributed by atoms with Crippen LogP contribution in [0.5, 0.6) is 17.2 Å². The monoisotopic (exact) mass is 357 g/mol. The molecule has 1 N–H and O–H groups in total. The van der Waals surface area contributed by atoms with Crippen LogP contribution in [0.3, 0.4) is 0 Å². The molecule has 1 aromatic heterocycles. The summed E-state index contributed by atoms with van der Waals surface area (Å²) in [6.45, 7) is 2.06. The molecule has 0 radical (unpaired) electrons. The number of ether oxygens (including phenoxy) is 3. The van der Waals surface area contributed by atoms with Gasteiger partial charge in [0, 0.05) is 12.5 Å². The lowest BCUT2D eigenvalue weighted by atomic mass is 10.1. The predicted octanol–water partition coefficient (Wildman–Crippen LogP) is 2.26. The molecule has 0 spiro atoms. The summed E-state index contributed by atoms with van der Waals surface area (Å²) in [5, 5.41) is 7.15. The molecule has 0 aliphatic heterocycles. The zero-order valence-corrected chi connectivity index (χ0v) is 15.4. The highest BCUT2D eigenvalue weighted by Gasteiger charge is 2.15. The number of methoxy groups -OCH3 is 3. The van der Waals surface area contributed by atoms with E-state index in [1.54, 1.807) is 21.3 Å². The Labute approximate surface area is 148 Å². The fraction of sp³-hybridized carbons (Fsp3) is 0.500. The van der Waals surface area contributed by atoms with Gasteiger partial charge in [0.15, 0.2) is 17.3 Å². The van der Waals surface area contributed by atoms with E-state index in [0.29, 0.717) is 41.4 Å². The zero-order chi connectivity index (χ0) is 16.8. The van der Waals surface area contributed by atoms with Gasteiger partial charge < -0.3 is 24.1 Å². The normalized spacial score (nSPS) is 11.5. The number of nitrogens with zero attached hydrogens (tertiary/aromatic N) is 2. The van der Waals surface area contributed by atoms with Crippen molar-refractivity contribution in [3.63, 3.8) is 0 Å². The Morgan fingerprint density at radius 1 is 1.12 bits per heavy atom. The van der Waals surface area contributed by atoms with Crippen molar-refractivity contribution in [2.45, 2.75) is 25.8 Å². The average molecular weight is 358 g/mol. The van der Waals surface area contributed by atoms with Crippen LogP contribution in [0.1, 0.15) is 24.2 Å². The topological polar surface area (TPSA) is 78.6 Å². The van der Waals surface area contributed by atoms with Crippen LogP contribution in [0.25, 0.3) is 0 Å². The van der Waals surface area contributed by atoms with Gasteiger partial charge in [-0.1, -0.05) is 5.16 Å². The summed E-state index contributed by atoms with van der Waals surface area (Å²) in [7, 11) is 6.66. The number of hydrogen-bond acceptors (Lipinski definition) is 7. The molecule has 1 heterocycles. The Kier molecular flexibility index (Phi) is 7.81.